The number of aryl methyl sites for hydroxylation is 1. The molecule has 7 heteroatoms. The third kappa shape index (κ3) is 2.87. The zero-order valence-electron chi connectivity index (χ0n) is 14.6. The number of para-hydroxylation sites is 1. The summed E-state index contributed by atoms with van der Waals surface area (Å²) in [4.78, 5) is 26.4. The van der Waals surface area contributed by atoms with Gasteiger partial charge in [-0.1, -0.05) is 12.1 Å². The van der Waals surface area contributed by atoms with Crippen LogP contribution in [0.1, 0.15) is 36.6 Å². The maximum atomic E-state index is 14.0. The molecular formula is C19H21FN4O2. The summed E-state index contributed by atoms with van der Waals surface area (Å²) in [5.41, 5.74) is 2.44. The molecule has 1 aromatic carbocycles. The number of nitrogens with one attached hydrogen (secondary N) is 1. The van der Waals surface area contributed by atoms with Gasteiger partial charge >= 0.3 is 0 Å². The maximum Gasteiger partial charge on any atom is 0.227 e. The van der Waals surface area contributed by atoms with Crippen molar-refractivity contribution in [3.8, 4) is 0 Å². The van der Waals surface area contributed by atoms with Crippen LogP contribution in [0.5, 0.6) is 0 Å². The van der Waals surface area contributed by atoms with E-state index in [9.17, 15) is 14.0 Å². The van der Waals surface area contributed by atoms with Crippen LogP contribution in [-0.2, 0) is 23.1 Å². The number of nitrogens with zero attached hydrogens (tertiary/aromatic N) is 3. The van der Waals surface area contributed by atoms with Crippen LogP contribution in [-0.4, -0.2) is 28.1 Å². The highest BCUT2D eigenvalue weighted by atomic mass is 19.1. The van der Waals surface area contributed by atoms with Gasteiger partial charge in [0.1, 0.15) is 5.82 Å². The van der Waals surface area contributed by atoms with Gasteiger partial charge in [-0.25, -0.2) is 4.39 Å². The van der Waals surface area contributed by atoms with Crippen molar-refractivity contribution in [3.05, 3.63) is 47.5 Å². The van der Waals surface area contributed by atoms with Crippen molar-refractivity contribution in [2.45, 2.75) is 31.7 Å². The van der Waals surface area contributed by atoms with Gasteiger partial charge in [0, 0.05) is 31.3 Å². The van der Waals surface area contributed by atoms with Crippen LogP contribution in [0.15, 0.2) is 30.5 Å². The van der Waals surface area contributed by atoms with E-state index in [1.54, 1.807) is 18.2 Å². The van der Waals surface area contributed by atoms with E-state index in [1.807, 2.05) is 17.9 Å². The molecule has 2 heterocycles. The van der Waals surface area contributed by atoms with Crippen LogP contribution < -0.4 is 10.2 Å². The molecule has 1 fully saturated rings. The quantitative estimate of drug-likeness (QED) is 0.916. The number of carbonyl (C=O) groups excluding carboxylic acids is 2. The Balaban J connectivity index is 1.47. The first-order chi connectivity index (χ1) is 12.5. The van der Waals surface area contributed by atoms with Crippen molar-refractivity contribution >= 4 is 17.5 Å². The summed E-state index contributed by atoms with van der Waals surface area (Å²) < 4.78 is 15.8. The lowest BCUT2D eigenvalue weighted by molar-refractivity contribution is -0.127. The molecule has 2 amide bonds. The highest BCUT2D eigenvalue weighted by Gasteiger charge is 2.37. The van der Waals surface area contributed by atoms with Gasteiger partial charge in [-0.2, -0.15) is 5.10 Å². The molecule has 1 aromatic heterocycles. The van der Waals surface area contributed by atoms with Crippen LogP contribution >= 0.6 is 0 Å². The smallest absolute Gasteiger partial charge is 0.227 e. The average molecular weight is 356 g/mol. The Labute approximate surface area is 151 Å². The fraction of sp³-hybridized carbons (Fsp3) is 0.421. The number of fused-ring (bicyclic) bond motifs is 1. The molecule has 1 saturated heterocycles. The molecule has 0 radical (unpaired) electrons. The third-order valence-corrected chi connectivity index (χ3v) is 5.33. The Kier molecular flexibility index (Phi) is 4.22. The number of hydrogen-bond donors (Lipinski definition) is 1. The van der Waals surface area contributed by atoms with Crippen molar-refractivity contribution in [2.75, 3.05) is 11.4 Å². The molecule has 6 nitrogen and oxygen atoms in total. The summed E-state index contributed by atoms with van der Waals surface area (Å²) >= 11 is 0. The first-order valence-corrected chi connectivity index (χ1v) is 8.90. The molecule has 2 aliphatic rings. The predicted molar refractivity (Wildman–Crippen MR) is 93.9 cm³/mol. The lowest BCUT2D eigenvalue weighted by Gasteiger charge is -2.25. The lowest BCUT2D eigenvalue weighted by Crippen LogP contribution is -2.36. The minimum absolute atomic E-state index is 0.0717. The summed E-state index contributed by atoms with van der Waals surface area (Å²) in [6, 6.07) is 6.08. The van der Waals surface area contributed by atoms with Crippen LogP contribution in [0, 0.1) is 11.7 Å². The van der Waals surface area contributed by atoms with Gasteiger partial charge in [-0.05, 0) is 31.4 Å². The number of carbonyl (C=O) groups is 2. The zero-order valence-corrected chi connectivity index (χ0v) is 14.6. The number of aromatic nitrogens is 2. The molecular weight excluding hydrogens is 335 g/mol. The van der Waals surface area contributed by atoms with Crippen LogP contribution in [0.4, 0.5) is 10.1 Å². The summed E-state index contributed by atoms with van der Waals surface area (Å²) in [5.74, 6) is -1.29. The van der Waals surface area contributed by atoms with E-state index in [2.05, 4.69) is 10.4 Å². The molecule has 0 spiro atoms. The largest absolute Gasteiger partial charge is 0.349 e. The second kappa shape index (κ2) is 6.55. The van der Waals surface area contributed by atoms with Crippen molar-refractivity contribution in [1.29, 1.82) is 0 Å². The predicted octanol–water partition coefficient (Wildman–Crippen LogP) is 2.11. The lowest BCUT2D eigenvalue weighted by atomic mass is 9.92. The molecule has 2 aromatic rings. The van der Waals surface area contributed by atoms with Gasteiger partial charge in [0.2, 0.25) is 11.8 Å². The Morgan fingerprint density at radius 3 is 2.96 bits per heavy atom. The van der Waals surface area contributed by atoms with Crippen LogP contribution in [0.3, 0.4) is 0 Å². The minimum atomic E-state index is -0.468. The van der Waals surface area contributed by atoms with Crippen LogP contribution in [0.25, 0.3) is 0 Å². The fourth-order valence-corrected chi connectivity index (χ4v) is 3.93. The maximum absolute atomic E-state index is 14.0. The minimum Gasteiger partial charge on any atom is -0.349 e. The Hall–Kier alpha value is -2.70. The summed E-state index contributed by atoms with van der Waals surface area (Å²) in [6.45, 7) is 0.207. The topological polar surface area (TPSA) is 67.2 Å². The van der Waals surface area contributed by atoms with E-state index in [1.165, 1.54) is 11.0 Å². The molecule has 136 valence electrons. The Morgan fingerprint density at radius 1 is 1.35 bits per heavy atom. The summed E-state index contributed by atoms with van der Waals surface area (Å²) in [7, 11) is 1.91. The van der Waals surface area contributed by atoms with Gasteiger partial charge in [0.25, 0.3) is 0 Å². The van der Waals surface area contributed by atoms with E-state index in [0.717, 1.165) is 30.5 Å². The fourth-order valence-electron chi connectivity index (χ4n) is 3.93. The van der Waals surface area contributed by atoms with Crippen LogP contribution in [0.2, 0.25) is 0 Å². The van der Waals surface area contributed by atoms with Crippen molar-refractivity contribution in [1.82, 2.24) is 15.1 Å². The van der Waals surface area contributed by atoms with Crippen molar-refractivity contribution in [2.24, 2.45) is 13.0 Å². The highest BCUT2D eigenvalue weighted by Crippen LogP contribution is 2.31. The van der Waals surface area contributed by atoms with E-state index in [0.29, 0.717) is 0 Å². The molecule has 0 bridgehead atoms. The Bertz CT molecular complexity index is 863. The third-order valence-electron chi connectivity index (χ3n) is 5.33. The number of benzene rings is 1. The molecule has 1 aliphatic carbocycles. The second-order valence-corrected chi connectivity index (χ2v) is 6.98. The monoisotopic (exact) mass is 356 g/mol. The summed E-state index contributed by atoms with van der Waals surface area (Å²) in [6.07, 6.45) is 4.73. The molecule has 26 heavy (non-hydrogen) atoms. The number of amides is 2. The van der Waals surface area contributed by atoms with Crippen molar-refractivity contribution < 1.29 is 14.0 Å². The first kappa shape index (κ1) is 16.8. The van der Waals surface area contributed by atoms with E-state index in [-0.39, 0.29) is 36.5 Å². The molecule has 2 atom stereocenters. The SMILES string of the molecule is Cn1ncc2c1CCCC2NC(=O)C1CC(=O)N(c2ccccc2F)C1. The molecule has 2 unspecified atom stereocenters. The number of rotatable bonds is 3. The van der Waals surface area contributed by atoms with Gasteiger partial charge in [0.05, 0.1) is 23.8 Å². The van der Waals surface area contributed by atoms with Gasteiger partial charge < -0.3 is 10.2 Å². The first-order valence-electron chi connectivity index (χ1n) is 8.90. The van der Waals surface area contributed by atoms with E-state index < -0.39 is 11.7 Å². The molecule has 1 aliphatic heterocycles. The zero-order chi connectivity index (χ0) is 18.3. The van der Waals surface area contributed by atoms with Crippen molar-refractivity contribution in [3.63, 3.8) is 0 Å². The Morgan fingerprint density at radius 2 is 2.15 bits per heavy atom. The number of halogens is 1. The van der Waals surface area contributed by atoms with Gasteiger partial charge in [-0.3, -0.25) is 14.3 Å². The summed E-state index contributed by atoms with van der Waals surface area (Å²) in [5, 5.41) is 7.36. The molecule has 4 rings (SSSR count). The molecule has 1 N–H and O–H groups in total. The number of anilines is 1. The standard InChI is InChI=1S/C19H21FN4O2/c1-23-16-8-4-6-15(13(16)10-21-23)22-19(26)12-9-18(25)24(11-12)17-7-3-2-5-14(17)20/h2-3,5,7,10,12,15H,4,6,8-9,11H2,1H3,(H,22,26). The van der Waals surface area contributed by atoms with E-state index >= 15 is 0 Å². The average Bonchev–Trinajstić information content (AvgIpc) is 3.20. The normalized spacial score (nSPS) is 22.4. The number of hydrogen-bond acceptors (Lipinski definition) is 3. The second-order valence-electron chi connectivity index (χ2n) is 6.98. The van der Waals surface area contributed by atoms with Gasteiger partial charge in [0.15, 0.2) is 0 Å². The van der Waals surface area contributed by atoms with E-state index in [4.69, 9.17) is 0 Å². The molecule has 0 saturated carbocycles. The highest BCUT2D eigenvalue weighted by molar-refractivity contribution is 6.00. The van der Waals surface area contributed by atoms with Gasteiger partial charge in [-0.15, -0.1) is 0 Å².